The standard InChI is InChI=1S/C20H24F3NO7/c1-19(2,3)31-18(29)24(11-20(21,22)23)10-14-8-15(30-4)6-5-12(14)7-13(17(27)28)9-16(25)26/h5-8H,9-11H2,1-4H3,(H,25,26)(H,27,28). The summed E-state index contributed by atoms with van der Waals surface area (Å²) in [4.78, 5) is 35.1. The molecule has 0 bridgehead atoms. The molecule has 0 aliphatic heterocycles. The van der Waals surface area contributed by atoms with Crippen LogP contribution in [0.2, 0.25) is 0 Å². The van der Waals surface area contributed by atoms with E-state index in [1.165, 1.54) is 46.1 Å². The molecule has 31 heavy (non-hydrogen) atoms. The Labute approximate surface area is 176 Å². The molecule has 0 aromatic heterocycles. The van der Waals surface area contributed by atoms with Crippen molar-refractivity contribution < 1.29 is 47.2 Å². The van der Waals surface area contributed by atoms with Gasteiger partial charge in [0.25, 0.3) is 0 Å². The van der Waals surface area contributed by atoms with Gasteiger partial charge >= 0.3 is 24.2 Å². The number of aliphatic carboxylic acids is 2. The van der Waals surface area contributed by atoms with Crippen LogP contribution in [0.15, 0.2) is 23.8 Å². The van der Waals surface area contributed by atoms with Gasteiger partial charge in [0.2, 0.25) is 0 Å². The highest BCUT2D eigenvalue weighted by Crippen LogP contribution is 2.26. The van der Waals surface area contributed by atoms with Crippen LogP contribution in [-0.4, -0.2) is 58.6 Å². The summed E-state index contributed by atoms with van der Waals surface area (Å²) in [6.45, 7) is 2.31. The van der Waals surface area contributed by atoms with Gasteiger partial charge in [-0.25, -0.2) is 9.59 Å². The van der Waals surface area contributed by atoms with E-state index in [-0.39, 0.29) is 16.9 Å². The topological polar surface area (TPSA) is 113 Å². The second-order valence-corrected chi connectivity index (χ2v) is 7.56. The maximum Gasteiger partial charge on any atom is 0.410 e. The van der Waals surface area contributed by atoms with Gasteiger partial charge in [0, 0.05) is 5.57 Å². The number of carboxylic acids is 2. The zero-order chi connectivity index (χ0) is 24.0. The number of hydrogen-bond donors (Lipinski definition) is 2. The minimum atomic E-state index is -4.72. The lowest BCUT2D eigenvalue weighted by molar-refractivity contribution is -0.145. The van der Waals surface area contributed by atoms with Crippen molar-refractivity contribution in [3.63, 3.8) is 0 Å². The number of amides is 1. The molecule has 0 radical (unpaired) electrons. The van der Waals surface area contributed by atoms with Gasteiger partial charge in [-0.1, -0.05) is 6.07 Å². The molecule has 1 aromatic rings. The molecule has 1 rings (SSSR count). The zero-order valence-corrected chi connectivity index (χ0v) is 17.4. The largest absolute Gasteiger partial charge is 0.497 e. The minimum Gasteiger partial charge on any atom is -0.497 e. The van der Waals surface area contributed by atoms with Crippen LogP contribution in [0, 0.1) is 0 Å². The van der Waals surface area contributed by atoms with Crippen molar-refractivity contribution in [2.45, 2.75) is 45.5 Å². The van der Waals surface area contributed by atoms with E-state index in [1.807, 2.05) is 0 Å². The maximum atomic E-state index is 13.1. The van der Waals surface area contributed by atoms with Crippen LogP contribution in [0.25, 0.3) is 6.08 Å². The fourth-order valence-electron chi connectivity index (χ4n) is 2.46. The number of methoxy groups -OCH3 is 1. The highest BCUT2D eigenvalue weighted by molar-refractivity contribution is 5.97. The number of carbonyl (C=O) groups is 3. The number of alkyl halides is 3. The highest BCUT2D eigenvalue weighted by atomic mass is 19.4. The predicted molar refractivity (Wildman–Crippen MR) is 104 cm³/mol. The van der Waals surface area contributed by atoms with Crippen molar-refractivity contribution in [2.24, 2.45) is 0 Å². The summed E-state index contributed by atoms with van der Waals surface area (Å²) in [7, 11) is 1.32. The Kier molecular flexibility index (Phi) is 8.47. The Morgan fingerprint density at radius 2 is 1.74 bits per heavy atom. The quantitative estimate of drug-likeness (QED) is 0.581. The maximum absolute atomic E-state index is 13.1. The predicted octanol–water partition coefficient (Wildman–Crippen LogP) is 3.94. The van der Waals surface area contributed by atoms with E-state index in [1.54, 1.807) is 0 Å². The number of carboxylic acid groups (broad SMARTS) is 2. The molecule has 0 saturated carbocycles. The highest BCUT2D eigenvalue weighted by Gasteiger charge is 2.35. The summed E-state index contributed by atoms with van der Waals surface area (Å²) < 4.78 is 49.4. The zero-order valence-electron chi connectivity index (χ0n) is 17.4. The Morgan fingerprint density at radius 1 is 1.13 bits per heavy atom. The van der Waals surface area contributed by atoms with E-state index < -0.39 is 54.9 Å². The van der Waals surface area contributed by atoms with Crippen molar-refractivity contribution in [1.82, 2.24) is 4.90 Å². The van der Waals surface area contributed by atoms with Gasteiger partial charge in [-0.15, -0.1) is 0 Å². The summed E-state index contributed by atoms with van der Waals surface area (Å²) >= 11 is 0. The Hall–Kier alpha value is -3.24. The molecule has 0 unspecified atom stereocenters. The van der Waals surface area contributed by atoms with Gasteiger partial charge in [-0.05, 0) is 50.1 Å². The average molecular weight is 447 g/mol. The van der Waals surface area contributed by atoms with Crippen LogP contribution >= 0.6 is 0 Å². The molecule has 0 aliphatic rings. The second kappa shape index (κ2) is 10.2. The van der Waals surface area contributed by atoms with Crippen molar-refractivity contribution >= 4 is 24.1 Å². The van der Waals surface area contributed by atoms with E-state index in [0.717, 1.165) is 6.08 Å². The Balaban J connectivity index is 3.45. The number of halogens is 3. The lowest BCUT2D eigenvalue weighted by Crippen LogP contribution is -2.41. The van der Waals surface area contributed by atoms with Gasteiger partial charge in [0.15, 0.2) is 0 Å². The first kappa shape index (κ1) is 25.8. The first-order chi connectivity index (χ1) is 14.1. The number of nitrogens with zero attached hydrogens (tertiary/aromatic N) is 1. The van der Waals surface area contributed by atoms with Crippen LogP contribution < -0.4 is 4.74 Å². The molecule has 0 fully saturated rings. The summed E-state index contributed by atoms with van der Waals surface area (Å²) in [5.74, 6) is -2.64. The first-order valence-electron chi connectivity index (χ1n) is 8.98. The van der Waals surface area contributed by atoms with Gasteiger partial charge in [0.1, 0.15) is 17.9 Å². The summed E-state index contributed by atoms with van der Waals surface area (Å²) in [6.07, 6.45) is -5.71. The van der Waals surface area contributed by atoms with Crippen LogP contribution in [0.5, 0.6) is 5.75 Å². The molecular weight excluding hydrogens is 423 g/mol. The molecule has 0 heterocycles. The molecule has 11 heteroatoms. The van der Waals surface area contributed by atoms with Crippen molar-refractivity contribution in [2.75, 3.05) is 13.7 Å². The molecule has 1 amide bonds. The number of benzene rings is 1. The third-order valence-corrected chi connectivity index (χ3v) is 3.68. The third kappa shape index (κ3) is 9.41. The molecular formula is C20H24F3NO7. The Bertz CT molecular complexity index is 857. The van der Waals surface area contributed by atoms with E-state index in [9.17, 15) is 32.7 Å². The van der Waals surface area contributed by atoms with Gasteiger partial charge in [-0.2, -0.15) is 13.2 Å². The van der Waals surface area contributed by atoms with Gasteiger partial charge < -0.3 is 19.7 Å². The number of ether oxygens (including phenoxy) is 2. The Morgan fingerprint density at radius 3 is 2.19 bits per heavy atom. The number of carbonyl (C=O) groups excluding carboxylic acids is 1. The molecule has 0 aliphatic carbocycles. The van der Waals surface area contributed by atoms with E-state index in [0.29, 0.717) is 4.90 Å². The number of rotatable bonds is 8. The van der Waals surface area contributed by atoms with Crippen molar-refractivity contribution in [3.8, 4) is 5.75 Å². The summed E-state index contributed by atoms with van der Waals surface area (Å²) in [5, 5.41) is 18.1. The molecule has 8 nitrogen and oxygen atoms in total. The average Bonchev–Trinajstić information content (AvgIpc) is 2.58. The molecule has 2 N–H and O–H groups in total. The van der Waals surface area contributed by atoms with E-state index in [4.69, 9.17) is 14.6 Å². The van der Waals surface area contributed by atoms with E-state index in [2.05, 4.69) is 0 Å². The van der Waals surface area contributed by atoms with Crippen molar-refractivity contribution in [1.29, 1.82) is 0 Å². The fraction of sp³-hybridized carbons (Fsp3) is 0.450. The normalized spacial score (nSPS) is 12.3. The van der Waals surface area contributed by atoms with Gasteiger partial charge in [0.05, 0.1) is 20.1 Å². The summed E-state index contributed by atoms with van der Waals surface area (Å²) in [6, 6.07) is 4.12. The third-order valence-electron chi connectivity index (χ3n) is 3.68. The molecule has 172 valence electrons. The molecule has 0 spiro atoms. The van der Waals surface area contributed by atoms with Crippen LogP contribution in [0.3, 0.4) is 0 Å². The lowest BCUT2D eigenvalue weighted by atomic mass is 10.0. The molecule has 0 saturated heterocycles. The smallest absolute Gasteiger partial charge is 0.410 e. The summed E-state index contributed by atoms with van der Waals surface area (Å²) in [5.41, 5.74) is -1.30. The fourth-order valence-corrected chi connectivity index (χ4v) is 2.46. The SMILES string of the molecule is COc1ccc(C=C(CC(=O)O)C(=O)O)c(CN(CC(F)(F)F)C(=O)OC(C)(C)C)c1. The second-order valence-electron chi connectivity index (χ2n) is 7.56. The van der Waals surface area contributed by atoms with Crippen molar-refractivity contribution in [3.05, 3.63) is 34.9 Å². The first-order valence-corrected chi connectivity index (χ1v) is 8.98. The lowest BCUT2D eigenvalue weighted by Gasteiger charge is -2.28. The van der Waals surface area contributed by atoms with Gasteiger partial charge in [-0.3, -0.25) is 9.69 Å². The number of hydrogen-bond acceptors (Lipinski definition) is 5. The van der Waals surface area contributed by atoms with Crippen LogP contribution in [0.1, 0.15) is 38.3 Å². The monoisotopic (exact) mass is 447 g/mol. The minimum absolute atomic E-state index is 0.110. The van der Waals surface area contributed by atoms with Crippen LogP contribution in [0.4, 0.5) is 18.0 Å². The van der Waals surface area contributed by atoms with E-state index >= 15 is 0 Å². The molecule has 0 atom stereocenters. The molecule has 1 aromatic carbocycles. The van der Waals surface area contributed by atoms with Crippen LogP contribution in [-0.2, 0) is 20.9 Å².